The number of hydrogen-bond donors (Lipinski definition) is 5. The highest BCUT2D eigenvalue weighted by atomic mass is 32.1. The van der Waals surface area contributed by atoms with Crippen molar-refractivity contribution >= 4 is 82.2 Å². The van der Waals surface area contributed by atoms with E-state index in [1.807, 2.05) is 30.3 Å². The number of fused-ring (bicyclic) bond motifs is 2. The highest BCUT2D eigenvalue weighted by Gasteiger charge is 2.51. The van der Waals surface area contributed by atoms with Crippen LogP contribution in [0.4, 0.5) is 8.78 Å². The summed E-state index contributed by atoms with van der Waals surface area (Å²) in [5.41, 5.74) is -4.90. The summed E-state index contributed by atoms with van der Waals surface area (Å²) in [7, 11) is -5.87. The van der Waals surface area contributed by atoms with Gasteiger partial charge in [0.2, 0.25) is 35.4 Å². The Morgan fingerprint density at radius 3 is 2.36 bits per heavy atom. The van der Waals surface area contributed by atoms with Gasteiger partial charge in [-0.1, -0.05) is 75.1 Å². The molecule has 19 nitrogen and oxygen atoms in total. The minimum absolute atomic E-state index is 0.00724. The molecule has 4 aromatic rings. The third-order valence-corrected chi connectivity index (χ3v) is 16.1. The van der Waals surface area contributed by atoms with E-state index in [2.05, 4.69) is 27.8 Å². The van der Waals surface area contributed by atoms with Crippen LogP contribution in [0.15, 0.2) is 72.8 Å². The second-order valence-corrected chi connectivity index (χ2v) is 23.0. The molecular weight excluding hydrogens is 1030 g/mol. The Balaban J connectivity index is 0.921. The van der Waals surface area contributed by atoms with Gasteiger partial charge in [-0.25, -0.2) is 0 Å². The minimum Gasteiger partial charge on any atom is -0.356 e. The van der Waals surface area contributed by atoms with E-state index in [0.29, 0.717) is 30.6 Å². The molecule has 4 atom stereocenters. The number of nitrogens with zero attached hydrogens (tertiary/aromatic N) is 4. The molecule has 23 heteroatoms. The van der Waals surface area contributed by atoms with E-state index in [0.717, 1.165) is 40.4 Å². The van der Waals surface area contributed by atoms with Crippen LogP contribution in [-0.4, -0.2) is 140 Å². The molecule has 4 aliphatic heterocycles. The fourth-order valence-electron chi connectivity index (χ4n) is 9.89. The van der Waals surface area contributed by atoms with Gasteiger partial charge < -0.3 is 35.1 Å². The first-order valence-corrected chi connectivity index (χ1v) is 27.2. The number of piperidine rings is 2. The zero-order valence-electron chi connectivity index (χ0n) is 41.8. The minimum atomic E-state index is -5.87. The molecule has 2 unspecified atom stereocenters. The molecule has 0 spiro atoms. The molecule has 400 valence electrons. The normalized spacial score (nSPS) is 19.6. The quantitative estimate of drug-likeness (QED) is 0.0409. The van der Waals surface area contributed by atoms with Crippen molar-refractivity contribution in [3.63, 3.8) is 0 Å². The van der Waals surface area contributed by atoms with Gasteiger partial charge in [0.05, 0.1) is 22.5 Å². The average Bonchev–Trinajstić information content (AvgIpc) is 3.94. The molecule has 3 fully saturated rings. The summed E-state index contributed by atoms with van der Waals surface area (Å²) in [4.78, 5) is 145. The number of imide groups is 2. The molecule has 9 amide bonds. The Morgan fingerprint density at radius 2 is 1.64 bits per heavy atom. The monoisotopic (exact) mass is 1080 g/mol. The number of halogens is 2. The summed E-state index contributed by atoms with van der Waals surface area (Å²) >= 11 is 0.921. The van der Waals surface area contributed by atoms with Crippen LogP contribution in [0, 0.1) is 17.3 Å². The summed E-state index contributed by atoms with van der Waals surface area (Å²) in [6.07, 6.45) is 1.52. The Labute approximate surface area is 439 Å². The van der Waals surface area contributed by atoms with Gasteiger partial charge in [0, 0.05) is 67.3 Å². The largest absolute Gasteiger partial charge is 0.399 e. The van der Waals surface area contributed by atoms with E-state index in [1.165, 1.54) is 28.0 Å². The molecule has 0 radical (unpaired) electrons. The van der Waals surface area contributed by atoms with E-state index in [4.69, 9.17) is 0 Å². The Kier molecular flexibility index (Phi) is 16.1. The predicted octanol–water partition coefficient (Wildman–Crippen LogP) is 4.46. The molecular formula is C53H56F2N7O12PS. The number of nitrogens with one attached hydrogen (secondary N) is 3. The van der Waals surface area contributed by atoms with Crippen molar-refractivity contribution in [2.75, 3.05) is 39.3 Å². The van der Waals surface area contributed by atoms with E-state index in [9.17, 15) is 66.3 Å². The summed E-state index contributed by atoms with van der Waals surface area (Å²) in [6, 6.07) is 15.0. The molecule has 5 heterocycles. The van der Waals surface area contributed by atoms with Crippen LogP contribution in [0.3, 0.4) is 0 Å². The first kappa shape index (κ1) is 55.1. The fourth-order valence-corrected chi connectivity index (χ4v) is 11.3. The number of carbonyl (C=O) groups excluding carboxylic acids is 9. The van der Waals surface area contributed by atoms with Crippen molar-refractivity contribution in [1.29, 1.82) is 0 Å². The number of unbranched alkanes of at least 4 members (excludes halogenated alkanes) is 1. The lowest BCUT2D eigenvalue weighted by Crippen LogP contribution is -2.66. The fraction of sp³-hybridized carbons (Fsp3) is 0.415. The summed E-state index contributed by atoms with van der Waals surface area (Å²) in [5.74, 6) is 0.370. The molecule has 1 aromatic heterocycles. The van der Waals surface area contributed by atoms with Gasteiger partial charge in [0.15, 0.2) is 0 Å². The van der Waals surface area contributed by atoms with Crippen molar-refractivity contribution in [2.24, 2.45) is 5.41 Å². The van der Waals surface area contributed by atoms with Crippen molar-refractivity contribution < 1.29 is 66.3 Å². The van der Waals surface area contributed by atoms with Crippen LogP contribution >= 0.6 is 18.9 Å². The van der Waals surface area contributed by atoms with E-state index in [-0.39, 0.29) is 78.3 Å². The van der Waals surface area contributed by atoms with Crippen LogP contribution in [0.1, 0.15) is 119 Å². The van der Waals surface area contributed by atoms with Gasteiger partial charge in [-0.15, -0.1) is 11.3 Å². The molecule has 4 aliphatic rings. The zero-order valence-corrected chi connectivity index (χ0v) is 43.5. The number of rotatable bonds is 13. The number of likely N-dealkylation sites (tertiary alicyclic amines) is 1. The molecule has 3 aromatic carbocycles. The maximum atomic E-state index is 14.9. The highest BCUT2D eigenvalue weighted by Crippen LogP contribution is 2.59. The van der Waals surface area contributed by atoms with Crippen molar-refractivity contribution in [3.8, 4) is 11.8 Å². The van der Waals surface area contributed by atoms with Crippen molar-refractivity contribution in [2.45, 2.75) is 95.4 Å². The lowest BCUT2D eigenvalue weighted by Gasteiger charge is -2.45. The lowest BCUT2D eigenvalue weighted by atomic mass is 9.85. The maximum Gasteiger partial charge on any atom is 0.399 e. The lowest BCUT2D eigenvalue weighted by molar-refractivity contribution is -0.155. The number of piperazine rings is 1. The van der Waals surface area contributed by atoms with E-state index in [1.54, 1.807) is 37.8 Å². The Hall–Kier alpha value is -7.18. The number of carbonyl (C=O) groups is 9. The average molecular weight is 1080 g/mol. The molecule has 76 heavy (non-hydrogen) atoms. The third kappa shape index (κ3) is 11.6. The second-order valence-electron chi connectivity index (χ2n) is 20.2. The van der Waals surface area contributed by atoms with Crippen LogP contribution in [-0.2, 0) is 39.0 Å². The van der Waals surface area contributed by atoms with E-state index >= 15 is 0 Å². The van der Waals surface area contributed by atoms with Gasteiger partial charge in [0.25, 0.3) is 17.7 Å². The van der Waals surface area contributed by atoms with Crippen LogP contribution < -0.4 is 16.0 Å². The van der Waals surface area contributed by atoms with Gasteiger partial charge in [0.1, 0.15) is 24.5 Å². The SMILES string of the molecule is CC(C)(C)[C@H](NC(=O)c1cc2cc(C(F)(F)P(=O)(O)O)ccc2s1)C(=O)N1CCN(C(=O)CC(=O)NCCCC#Cc2cccc3c2C(=O)N(C2CCC(=O)NC2=O)C3=O)C[C@H]1C(=O)N1CCCC(c2ccccc2)C1. The first-order valence-electron chi connectivity index (χ1n) is 24.7. The predicted molar refractivity (Wildman–Crippen MR) is 272 cm³/mol. The van der Waals surface area contributed by atoms with Crippen LogP contribution in [0.5, 0.6) is 0 Å². The second kappa shape index (κ2) is 22.2. The zero-order chi connectivity index (χ0) is 54.9. The van der Waals surface area contributed by atoms with E-state index < -0.39 is 102 Å². The standard InChI is InChI=1S/C53H56F2N7O12PS/c1-52(2,3)45(58-47(67)40-27-34-26-35(18-20-39(34)76-40)53(54,55)75(72,73)74)51(71)61-25-24-59(30-38(61)49(69)60-23-11-16-33(29-60)31-12-6-4-7-13-31)43(65)28-42(64)56-22-9-5-8-14-32-15-10-17-36-44(32)50(70)62(48(36)68)37-19-21-41(63)57-46(37)66/h4,6-7,10,12-13,15,17-18,20,26-27,33,37-38,45H,5,9,11,16,19,21-25,28-30H2,1-3H3,(H,56,64)(H,58,67)(H,57,63,66)(H2,72,73,74)/t33?,37?,38-,45+/m0/s1. The third-order valence-electron chi connectivity index (χ3n) is 14.0. The van der Waals surface area contributed by atoms with Crippen molar-refractivity contribution in [1.82, 2.24) is 35.6 Å². The first-order chi connectivity index (χ1) is 35.9. The number of thiophene rings is 1. The molecule has 8 rings (SSSR count). The summed E-state index contributed by atoms with van der Waals surface area (Å²) < 4.78 is 41.1. The number of alkyl halides is 2. The Bertz CT molecular complexity index is 3150. The van der Waals surface area contributed by atoms with Crippen LogP contribution in [0.2, 0.25) is 0 Å². The van der Waals surface area contributed by atoms with Crippen LogP contribution in [0.25, 0.3) is 10.1 Å². The topological polar surface area (TPSA) is 260 Å². The molecule has 0 bridgehead atoms. The number of hydrogen-bond acceptors (Lipinski definition) is 11. The van der Waals surface area contributed by atoms with Gasteiger partial charge in [-0.3, -0.25) is 57.9 Å². The van der Waals surface area contributed by atoms with Gasteiger partial charge >= 0.3 is 13.3 Å². The Morgan fingerprint density at radius 1 is 0.895 bits per heavy atom. The molecule has 0 saturated carbocycles. The van der Waals surface area contributed by atoms with Crippen molar-refractivity contribution in [3.05, 3.63) is 105 Å². The number of amides is 9. The highest BCUT2D eigenvalue weighted by molar-refractivity contribution is 7.52. The molecule has 0 aliphatic carbocycles. The smallest absolute Gasteiger partial charge is 0.356 e. The molecule has 5 N–H and O–H groups in total. The molecule has 3 saturated heterocycles. The number of benzene rings is 3. The summed E-state index contributed by atoms with van der Waals surface area (Å²) in [5, 5.41) is 7.78. The maximum absolute atomic E-state index is 14.9. The van der Waals surface area contributed by atoms with Gasteiger partial charge in [-0.2, -0.15) is 8.78 Å². The van der Waals surface area contributed by atoms with Gasteiger partial charge in [-0.05, 0) is 72.4 Å². The summed E-state index contributed by atoms with van der Waals surface area (Å²) in [6.45, 7) is 5.60.